The quantitative estimate of drug-likeness (QED) is 0.778. The third-order valence-electron chi connectivity index (χ3n) is 3.71. The number of aliphatic carboxylic acids is 1. The van der Waals surface area contributed by atoms with Crippen LogP contribution in [0.25, 0.3) is 0 Å². The zero-order valence-electron chi connectivity index (χ0n) is 11.6. The zero-order chi connectivity index (χ0) is 13.9. The van der Waals surface area contributed by atoms with Gasteiger partial charge >= 0.3 is 5.97 Å². The van der Waals surface area contributed by atoms with Gasteiger partial charge in [0, 0.05) is 12.5 Å². The van der Waals surface area contributed by atoms with E-state index >= 15 is 0 Å². The minimum absolute atomic E-state index is 0.0284. The van der Waals surface area contributed by atoms with Crippen LogP contribution in [-0.4, -0.2) is 16.9 Å². The van der Waals surface area contributed by atoms with Crippen molar-refractivity contribution in [2.45, 2.75) is 47.0 Å². The molecule has 0 fully saturated rings. The number of carbonyl (C=O) groups is 2. The van der Waals surface area contributed by atoms with Crippen molar-refractivity contribution in [3.8, 4) is 0 Å². The fourth-order valence-electron chi connectivity index (χ4n) is 2.87. The van der Waals surface area contributed by atoms with E-state index in [0.29, 0.717) is 12.3 Å². The predicted molar refractivity (Wildman–Crippen MR) is 71.3 cm³/mol. The Hall–Kier alpha value is -1.38. The van der Waals surface area contributed by atoms with Gasteiger partial charge in [0.05, 0.1) is 0 Å². The molecule has 100 valence electrons. The first-order chi connectivity index (χ1) is 8.22. The van der Waals surface area contributed by atoms with Crippen LogP contribution in [-0.2, 0) is 9.59 Å². The van der Waals surface area contributed by atoms with Crippen LogP contribution in [0.5, 0.6) is 0 Å². The van der Waals surface area contributed by atoms with Crippen LogP contribution in [0, 0.1) is 11.3 Å². The molecule has 0 spiro atoms. The summed E-state index contributed by atoms with van der Waals surface area (Å²) in [6.45, 7) is 8.07. The number of carboxylic acids is 1. The molecule has 0 aromatic rings. The highest BCUT2D eigenvalue weighted by molar-refractivity contribution is 5.92. The Morgan fingerprint density at radius 2 is 2.17 bits per heavy atom. The fraction of sp³-hybridized carbons (Fsp3) is 0.600. The molecular formula is C15H22O3. The minimum Gasteiger partial charge on any atom is -0.478 e. The number of rotatable bonds is 4. The van der Waals surface area contributed by atoms with E-state index in [9.17, 15) is 9.59 Å². The van der Waals surface area contributed by atoms with Gasteiger partial charge < -0.3 is 5.11 Å². The summed E-state index contributed by atoms with van der Waals surface area (Å²) in [6.07, 6.45) is 5.25. The van der Waals surface area contributed by atoms with E-state index < -0.39 is 5.97 Å². The molecule has 1 rings (SSSR count). The summed E-state index contributed by atoms with van der Waals surface area (Å²) in [4.78, 5) is 22.1. The van der Waals surface area contributed by atoms with Crippen LogP contribution >= 0.6 is 0 Å². The summed E-state index contributed by atoms with van der Waals surface area (Å²) in [5, 5.41) is 8.68. The van der Waals surface area contributed by atoms with Crippen molar-refractivity contribution >= 4 is 11.8 Å². The maximum absolute atomic E-state index is 11.6. The van der Waals surface area contributed by atoms with E-state index in [1.54, 1.807) is 6.08 Å². The zero-order valence-corrected chi connectivity index (χ0v) is 11.6. The van der Waals surface area contributed by atoms with Crippen LogP contribution in [0.3, 0.4) is 0 Å². The monoisotopic (exact) mass is 250 g/mol. The van der Waals surface area contributed by atoms with Crippen molar-refractivity contribution in [1.82, 2.24) is 0 Å². The Morgan fingerprint density at radius 3 is 2.67 bits per heavy atom. The average molecular weight is 250 g/mol. The molecule has 0 radical (unpaired) electrons. The van der Waals surface area contributed by atoms with Gasteiger partial charge in [0.15, 0.2) is 5.78 Å². The molecule has 0 saturated heterocycles. The number of hydrogen-bond donors (Lipinski definition) is 1. The van der Waals surface area contributed by atoms with Gasteiger partial charge in [-0.1, -0.05) is 25.0 Å². The summed E-state index contributed by atoms with van der Waals surface area (Å²) in [5.41, 5.74) is 1.97. The number of ketones is 1. The maximum Gasteiger partial charge on any atom is 0.328 e. The second kappa shape index (κ2) is 5.51. The molecule has 18 heavy (non-hydrogen) atoms. The largest absolute Gasteiger partial charge is 0.478 e. The molecule has 3 nitrogen and oxygen atoms in total. The van der Waals surface area contributed by atoms with Gasteiger partial charge in [0.1, 0.15) is 0 Å². The number of carbonyl (C=O) groups excluding carboxylic acids is 1. The van der Waals surface area contributed by atoms with Crippen LogP contribution in [0.2, 0.25) is 0 Å². The van der Waals surface area contributed by atoms with Crippen molar-refractivity contribution in [3.63, 3.8) is 0 Å². The lowest BCUT2D eigenvalue weighted by Gasteiger charge is -2.37. The van der Waals surface area contributed by atoms with Gasteiger partial charge in [-0.25, -0.2) is 4.79 Å². The molecule has 0 aliphatic heterocycles. The normalized spacial score (nSPS) is 23.8. The summed E-state index contributed by atoms with van der Waals surface area (Å²) in [6, 6.07) is 0. The lowest BCUT2D eigenvalue weighted by atomic mass is 9.66. The van der Waals surface area contributed by atoms with Crippen molar-refractivity contribution < 1.29 is 14.7 Å². The Bertz CT molecular complexity index is 413. The third kappa shape index (κ3) is 3.83. The Balaban J connectivity index is 2.74. The summed E-state index contributed by atoms with van der Waals surface area (Å²) >= 11 is 0. The molecule has 0 saturated carbocycles. The highest BCUT2D eigenvalue weighted by atomic mass is 16.4. The molecule has 0 aromatic carbocycles. The summed E-state index contributed by atoms with van der Waals surface area (Å²) in [5.74, 6) is -0.336. The predicted octanol–water partition coefficient (Wildman–Crippen LogP) is 3.36. The molecule has 0 heterocycles. The molecule has 1 N–H and O–H groups in total. The first-order valence-electron chi connectivity index (χ1n) is 6.33. The van der Waals surface area contributed by atoms with Crippen LogP contribution in [0.4, 0.5) is 0 Å². The van der Waals surface area contributed by atoms with E-state index in [4.69, 9.17) is 5.11 Å². The molecule has 1 aliphatic rings. The van der Waals surface area contributed by atoms with E-state index in [-0.39, 0.29) is 11.2 Å². The van der Waals surface area contributed by atoms with Gasteiger partial charge in [0.25, 0.3) is 0 Å². The minimum atomic E-state index is -0.891. The van der Waals surface area contributed by atoms with Crippen LogP contribution < -0.4 is 0 Å². The highest BCUT2D eigenvalue weighted by Crippen LogP contribution is 2.42. The second-order valence-corrected chi connectivity index (χ2v) is 5.94. The number of hydrogen-bond acceptors (Lipinski definition) is 2. The van der Waals surface area contributed by atoms with Crippen molar-refractivity contribution in [1.29, 1.82) is 0 Å². The molecule has 3 heteroatoms. The van der Waals surface area contributed by atoms with Gasteiger partial charge in [-0.15, -0.1) is 0 Å². The Labute approximate surface area is 109 Å². The standard InChI is InChI=1S/C15H22O3/c1-10(7-14(17)18)5-6-13-11(2)8-12(16)9-15(13,3)4/h7-8,13H,5-6,9H2,1-4H3,(H,17,18)/b10-7+/t13-/m0/s1. The average Bonchev–Trinajstić information content (AvgIpc) is 2.12. The smallest absolute Gasteiger partial charge is 0.328 e. The molecule has 0 aromatic heterocycles. The molecule has 1 aliphatic carbocycles. The van der Waals surface area contributed by atoms with Crippen molar-refractivity contribution in [2.75, 3.05) is 0 Å². The van der Waals surface area contributed by atoms with Gasteiger partial charge in [-0.3, -0.25) is 4.79 Å². The summed E-state index contributed by atoms with van der Waals surface area (Å²) in [7, 11) is 0. The van der Waals surface area contributed by atoms with Crippen molar-refractivity contribution in [2.24, 2.45) is 11.3 Å². The SMILES string of the molecule is CC1=CC(=O)CC(C)(C)[C@H]1CC/C(C)=C/C(=O)O. The maximum atomic E-state index is 11.6. The first-order valence-corrected chi connectivity index (χ1v) is 6.33. The van der Waals surface area contributed by atoms with E-state index in [2.05, 4.69) is 13.8 Å². The lowest BCUT2D eigenvalue weighted by Crippen LogP contribution is -2.31. The van der Waals surface area contributed by atoms with Crippen LogP contribution in [0.1, 0.15) is 47.0 Å². The van der Waals surface area contributed by atoms with E-state index in [1.807, 2.05) is 13.8 Å². The fourth-order valence-corrected chi connectivity index (χ4v) is 2.87. The lowest BCUT2D eigenvalue weighted by molar-refractivity contribution is -0.131. The third-order valence-corrected chi connectivity index (χ3v) is 3.71. The molecular weight excluding hydrogens is 228 g/mol. The Kier molecular flexibility index (Phi) is 4.49. The second-order valence-electron chi connectivity index (χ2n) is 5.94. The van der Waals surface area contributed by atoms with Gasteiger partial charge in [-0.2, -0.15) is 0 Å². The molecule has 1 atom stereocenters. The molecule has 0 amide bonds. The summed E-state index contributed by atoms with van der Waals surface area (Å²) < 4.78 is 0. The number of allylic oxidation sites excluding steroid dienone is 3. The first kappa shape index (κ1) is 14.7. The van der Waals surface area contributed by atoms with Crippen molar-refractivity contribution in [3.05, 3.63) is 23.3 Å². The van der Waals surface area contributed by atoms with Gasteiger partial charge in [-0.05, 0) is 44.1 Å². The molecule has 0 unspecified atom stereocenters. The van der Waals surface area contributed by atoms with Gasteiger partial charge in [0.2, 0.25) is 0 Å². The topological polar surface area (TPSA) is 54.4 Å². The van der Waals surface area contributed by atoms with E-state index in [1.165, 1.54) is 6.08 Å². The van der Waals surface area contributed by atoms with Crippen LogP contribution in [0.15, 0.2) is 23.3 Å². The number of carboxylic acid groups (broad SMARTS) is 1. The molecule has 0 bridgehead atoms. The highest BCUT2D eigenvalue weighted by Gasteiger charge is 2.35. The Morgan fingerprint density at radius 1 is 1.56 bits per heavy atom. The van der Waals surface area contributed by atoms with E-state index in [0.717, 1.165) is 24.0 Å².